The molecule has 0 saturated heterocycles. The van der Waals surface area contributed by atoms with Crippen molar-refractivity contribution in [3.8, 4) is 5.75 Å². The number of anilines is 1. The zero-order valence-electron chi connectivity index (χ0n) is 10.6. The standard InChI is InChI=1S/C13H14N2O4S/c16-9-10-19-12-1-3-13(4-2-12)20(17,18)15-11-5-7-14-8-6-11/h1-8,16H,9-10H2,(H,14,15). The van der Waals surface area contributed by atoms with Crippen molar-refractivity contribution in [2.75, 3.05) is 17.9 Å². The van der Waals surface area contributed by atoms with Gasteiger partial charge in [-0.25, -0.2) is 8.42 Å². The van der Waals surface area contributed by atoms with Crippen molar-refractivity contribution >= 4 is 15.7 Å². The Balaban J connectivity index is 2.13. The highest BCUT2D eigenvalue weighted by Gasteiger charge is 2.13. The van der Waals surface area contributed by atoms with Crippen molar-refractivity contribution in [1.82, 2.24) is 4.98 Å². The van der Waals surface area contributed by atoms with Gasteiger partial charge in [-0.2, -0.15) is 0 Å². The van der Waals surface area contributed by atoms with E-state index in [1.165, 1.54) is 36.7 Å². The summed E-state index contributed by atoms with van der Waals surface area (Å²) in [7, 11) is -3.63. The topological polar surface area (TPSA) is 88.5 Å². The van der Waals surface area contributed by atoms with E-state index >= 15 is 0 Å². The predicted molar refractivity (Wildman–Crippen MR) is 74.1 cm³/mol. The van der Waals surface area contributed by atoms with Crippen LogP contribution >= 0.6 is 0 Å². The average Bonchev–Trinajstić information content (AvgIpc) is 2.46. The molecule has 0 aliphatic carbocycles. The molecule has 0 fully saturated rings. The van der Waals surface area contributed by atoms with Gasteiger partial charge < -0.3 is 9.84 Å². The van der Waals surface area contributed by atoms with Gasteiger partial charge in [0.1, 0.15) is 12.4 Å². The Bertz CT molecular complexity index is 642. The number of nitrogens with one attached hydrogen (secondary N) is 1. The van der Waals surface area contributed by atoms with E-state index in [2.05, 4.69) is 9.71 Å². The van der Waals surface area contributed by atoms with Crippen LogP contribution in [0.25, 0.3) is 0 Å². The number of rotatable bonds is 6. The van der Waals surface area contributed by atoms with Crippen LogP contribution < -0.4 is 9.46 Å². The molecule has 0 unspecified atom stereocenters. The van der Waals surface area contributed by atoms with E-state index in [1.54, 1.807) is 12.1 Å². The van der Waals surface area contributed by atoms with E-state index in [1.807, 2.05) is 0 Å². The fourth-order valence-electron chi connectivity index (χ4n) is 1.51. The van der Waals surface area contributed by atoms with Crippen molar-refractivity contribution in [3.63, 3.8) is 0 Å². The third-order valence-corrected chi connectivity index (χ3v) is 3.82. The third-order valence-electron chi connectivity index (χ3n) is 2.43. The molecule has 0 atom stereocenters. The number of aliphatic hydroxyl groups excluding tert-OH is 1. The normalized spacial score (nSPS) is 11.1. The fraction of sp³-hybridized carbons (Fsp3) is 0.154. The van der Waals surface area contributed by atoms with Crippen LogP contribution in [0.3, 0.4) is 0 Å². The Hall–Kier alpha value is -2.12. The average molecular weight is 294 g/mol. The van der Waals surface area contributed by atoms with Gasteiger partial charge in [0.25, 0.3) is 10.0 Å². The fourth-order valence-corrected chi connectivity index (χ4v) is 2.57. The maximum absolute atomic E-state index is 12.1. The summed E-state index contributed by atoms with van der Waals surface area (Å²) >= 11 is 0. The second-order valence-electron chi connectivity index (χ2n) is 3.88. The van der Waals surface area contributed by atoms with Gasteiger partial charge in [-0.15, -0.1) is 0 Å². The molecule has 0 amide bonds. The maximum atomic E-state index is 12.1. The molecule has 20 heavy (non-hydrogen) atoms. The van der Waals surface area contributed by atoms with Crippen molar-refractivity contribution in [2.45, 2.75) is 4.90 Å². The lowest BCUT2D eigenvalue weighted by Crippen LogP contribution is -2.12. The first-order valence-electron chi connectivity index (χ1n) is 5.88. The first-order valence-corrected chi connectivity index (χ1v) is 7.37. The number of nitrogens with zero attached hydrogens (tertiary/aromatic N) is 1. The molecule has 106 valence electrons. The first kappa shape index (κ1) is 14.3. The Kier molecular flexibility index (Phi) is 4.54. The highest BCUT2D eigenvalue weighted by Crippen LogP contribution is 2.18. The Morgan fingerprint density at radius 1 is 1.10 bits per heavy atom. The van der Waals surface area contributed by atoms with Gasteiger partial charge >= 0.3 is 0 Å². The molecule has 1 aromatic heterocycles. The lowest BCUT2D eigenvalue weighted by atomic mass is 10.3. The Labute approximate surface area is 117 Å². The van der Waals surface area contributed by atoms with E-state index in [0.717, 1.165) is 0 Å². The molecule has 1 aromatic carbocycles. The molecule has 0 spiro atoms. The highest BCUT2D eigenvalue weighted by molar-refractivity contribution is 7.92. The lowest BCUT2D eigenvalue weighted by Gasteiger charge is -2.09. The molecule has 2 N–H and O–H groups in total. The quantitative estimate of drug-likeness (QED) is 0.837. The van der Waals surface area contributed by atoms with Crippen molar-refractivity contribution in [1.29, 1.82) is 0 Å². The van der Waals surface area contributed by atoms with Crippen LogP contribution in [0.5, 0.6) is 5.75 Å². The number of hydrogen-bond acceptors (Lipinski definition) is 5. The highest BCUT2D eigenvalue weighted by atomic mass is 32.2. The van der Waals surface area contributed by atoms with Crippen LogP contribution in [0.4, 0.5) is 5.69 Å². The van der Waals surface area contributed by atoms with Crippen LogP contribution in [0.15, 0.2) is 53.7 Å². The summed E-state index contributed by atoms with van der Waals surface area (Å²) in [4.78, 5) is 3.95. The minimum atomic E-state index is -3.63. The zero-order chi connectivity index (χ0) is 14.4. The van der Waals surface area contributed by atoms with Gasteiger partial charge in [-0.05, 0) is 36.4 Å². The molecule has 1 heterocycles. The predicted octanol–water partition coefficient (Wildman–Crippen LogP) is 1.25. The molecule has 2 rings (SSSR count). The Morgan fingerprint density at radius 3 is 2.35 bits per heavy atom. The summed E-state index contributed by atoms with van der Waals surface area (Å²) in [5.41, 5.74) is 0.445. The van der Waals surface area contributed by atoms with E-state index in [9.17, 15) is 8.42 Å². The number of sulfonamides is 1. The molecule has 0 aliphatic rings. The van der Waals surface area contributed by atoms with E-state index in [0.29, 0.717) is 11.4 Å². The zero-order valence-corrected chi connectivity index (χ0v) is 11.4. The van der Waals surface area contributed by atoms with E-state index < -0.39 is 10.0 Å². The van der Waals surface area contributed by atoms with Crippen molar-refractivity contribution in [3.05, 3.63) is 48.8 Å². The molecule has 6 nitrogen and oxygen atoms in total. The van der Waals surface area contributed by atoms with Crippen molar-refractivity contribution < 1.29 is 18.3 Å². The van der Waals surface area contributed by atoms with Gasteiger partial charge in [0, 0.05) is 12.4 Å². The number of hydrogen-bond donors (Lipinski definition) is 2. The molecule has 0 aliphatic heterocycles. The van der Waals surface area contributed by atoms with Crippen LogP contribution in [0, 0.1) is 0 Å². The van der Waals surface area contributed by atoms with Gasteiger partial charge in [0.05, 0.1) is 17.2 Å². The Morgan fingerprint density at radius 2 is 1.75 bits per heavy atom. The van der Waals surface area contributed by atoms with Gasteiger partial charge in [0.2, 0.25) is 0 Å². The summed E-state index contributed by atoms with van der Waals surface area (Å²) in [5, 5.41) is 8.64. The summed E-state index contributed by atoms with van der Waals surface area (Å²) in [5.74, 6) is 0.502. The maximum Gasteiger partial charge on any atom is 0.261 e. The number of pyridine rings is 1. The van der Waals surface area contributed by atoms with Crippen LogP contribution in [0.2, 0.25) is 0 Å². The minimum absolute atomic E-state index is 0.0936. The molecular weight excluding hydrogens is 280 g/mol. The molecule has 0 saturated carbocycles. The van der Waals surface area contributed by atoms with Crippen LogP contribution in [-0.2, 0) is 10.0 Å². The summed E-state index contributed by atoms with van der Waals surface area (Å²) < 4.78 is 31.8. The second kappa shape index (κ2) is 6.36. The van der Waals surface area contributed by atoms with Gasteiger partial charge in [-0.1, -0.05) is 0 Å². The van der Waals surface area contributed by atoms with Crippen LogP contribution in [-0.4, -0.2) is 31.7 Å². The summed E-state index contributed by atoms with van der Waals surface area (Å²) in [6, 6.07) is 9.09. The monoisotopic (exact) mass is 294 g/mol. The molecule has 2 aromatic rings. The second-order valence-corrected chi connectivity index (χ2v) is 5.57. The molecule has 7 heteroatoms. The van der Waals surface area contributed by atoms with Gasteiger partial charge in [0.15, 0.2) is 0 Å². The smallest absolute Gasteiger partial charge is 0.261 e. The largest absolute Gasteiger partial charge is 0.491 e. The lowest BCUT2D eigenvalue weighted by molar-refractivity contribution is 0.201. The summed E-state index contributed by atoms with van der Waals surface area (Å²) in [6.07, 6.45) is 3.01. The number of ether oxygens (including phenoxy) is 1. The van der Waals surface area contributed by atoms with Crippen LogP contribution in [0.1, 0.15) is 0 Å². The van der Waals surface area contributed by atoms with Crippen molar-refractivity contribution in [2.24, 2.45) is 0 Å². The SMILES string of the molecule is O=S(=O)(Nc1ccncc1)c1ccc(OCCO)cc1. The number of aromatic nitrogens is 1. The third kappa shape index (κ3) is 3.69. The molecule has 0 radical (unpaired) electrons. The van der Waals surface area contributed by atoms with Gasteiger partial charge in [-0.3, -0.25) is 9.71 Å². The minimum Gasteiger partial charge on any atom is -0.491 e. The number of benzene rings is 1. The molecular formula is C13H14N2O4S. The van der Waals surface area contributed by atoms with E-state index in [4.69, 9.17) is 9.84 Å². The van der Waals surface area contributed by atoms with E-state index in [-0.39, 0.29) is 18.1 Å². The number of aliphatic hydroxyl groups is 1. The molecule has 0 bridgehead atoms. The first-order chi connectivity index (χ1) is 9.62. The summed E-state index contributed by atoms with van der Waals surface area (Å²) in [6.45, 7) is 0.0744.